The fourth-order valence-corrected chi connectivity index (χ4v) is 3.79. The first-order chi connectivity index (χ1) is 9.43. The van der Waals surface area contributed by atoms with Crippen molar-refractivity contribution in [1.29, 1.82) is 0 Å². The van der Waals surface area contributed by atoms with Crippen molar-refractivity contribution < 1.29 is 8.42 Å². The summed E-state index contributed by atoms with van der Waals surface area (Å²) in [7, 11) is -1.31. The van der Waals surface area contributed by atoms with E-state index in [1.165, 1.54) is 17.6 Å². The summed E-state index contributed by atoms with van der Waals surface area (Å²) in [6, 6.07) is 9.80. The van der Waals surface area contributed by atoms with E-state index in [1.54, 1.807) is 6.92 Å². The zero-order valence-corrected chi connectivity index (χ0v) is 13.2. The second kappa shape index (κ2) is 5.99. The van der Waals surface area contributed by atoms with Crippen molar-refractivity contribution in [2.24, 2.45) is 0 Å². The molecule has 0 fully saturated rings. The van der Waals surface area contributed by atoms with Crippen molar-refractivity contribution in [2.45, 2.75) is 18.2 Å². The molecule has 20 heavy (non-hydrogen) atoms. The van der Waals surface area contributed by atoms with Crippen molar-refractivity contribution >= 4 is 21.2 Å². The summed E-state index contributed by atoms with van der Waals surface area (Å²) >= 11 is 1.33. The van der Waals surface area contributed by atoms with Gasteiger partial charge in [-0.05, 0) is 19.5 Å². The van der Waals surface area contributed by atoms with Crippen molar-refractivity contribution in [3.8, 4) is 0 Å². The van der Waals surface area contributed by atoms with E-state index < -0.39 is 15.1 Å². The first-order valence-electron chi connectivity index (χ1n) is 6.18. The van der Waals surface area contributed by atoms with Gasteiger partial charge in [-0.1, -0.05) is 41.7 Å². The van der Waals surface area contributed by atoms with Crippen LogP contribution in [0.3, 0.4) is 0 Å². The molecule has 0 aliphatic carbocycles. The minimum absolute atomic E-state index is 0.0748. The molecule has 0 bridgehead atoms. The largest absolute Gasteiger partial charge is 0.307 e. The molecule has 7 heteroatoms. The van der Waals surface area contributed by atoms with Gasteiger partial charge in [0.05, 0.1) is 6.04 Å². The smallest absolute Gasteiger partial charge is 0.156 e. The highest BCUT2D eigenvalue weighted by molar-refractivity contribution is 7.91. The van der Waals surface area contributed by atoms with E-state index in [4.69, 9.17) is 0 Å². The highest BCUT2D eigenvalue weighted by atomic mass is 32.2. The Hall–Kier alpha value is -1.31. The number of hydrogen-bond donors (Lipinski definition) is 1. The Kier molecular flexibility index (Phi) is 4.52. The molecule has 2 aromatic rings. The number of nitrogens with zero attached hydrogens (tertiary/aromatic N) is 2. The molecule has 1 aromatic heterocycles. The van der Waals surface area contributed by atoms with Gasteiger partial charge in [-0.2, -0.15) is 0 Å². The Morgan fingerprint density at radius 1 is 1.15 bits per heavy atom. The quantitative estimate of drug-likeness (QED) is 0.914. The number of rotatable bonds is 5. The van der Waals surface area contributed by atoms with Crippen LogP contribution in [0.2, 0.25) is 0 Å². The minimum atomic E-state index is -3.15. The Balaban J connectivity index is 2.32. The van der Waals surface area contributed by atoms with Gasteiger partial charge in [0.2, 0.25) is 0 Å². The minimum Gasteiger partial charge on any atom is -0.307 e. The maximum Gasteiger partial charge on any atom is 0.156 e. The monoisotopic (exact) mass is 311 g/mol. The van der Waals surface area contributed by atoms with Gasteiger partial charge in [-0.15, -0.1) is 10.2 Å². The summed E-state index contributed by atoms with van der Waals surface area (Å²) in [5.41, 5.74) is 1.07. The fraction of sp³-hybridized carbons (Fsp3) is 0.385. The second-order valence-electron chi connectivity index (χ2n) is 4.58. The van der Waals surface area contributed by atoms with Crippen LogP contribution in [0.1, 0.15) is 33.8 Å². The van der Waals surface area contributed by atoms with Gasteiger partial charge < -0.3 is 5.32 Å². The summed E-state index contributed by atoms with van der Waals surface area (Å²) in [4.78, 5) is 0. The molecular formula is C13H17N3O2S2. The number of hydrogen-bond acceptors (Lipinski definition) is 6. The molecule has 2 rings (SSSR count). The zero-order valence-electron chi connectivity index (χ0n) is 11.6. The lowest BCUT2D eigenvalue weighted by Crippen LogP contribution is -2.17. The van der Waals surface area contributed by atoms with Gasteiger partial charge in [0.1, 0.15) is 15.3 Å². The maximum absolute atomic E-state index is 11.6. The Morgan fingerprint density at radius 2 is 1.75 bits per heavy atom. The highest BCUT2D eigenvalue weighted by Crippen LogP contribution is 2.29. The molecule has 0 aliphatic heterocycles. The van der Waals surface area contributed by atoms with Crippen LogP contribution in [-0.4, -0.2) is 31.9 Å². The van der Waals surface area contributed by atoms with Crippen LogP contribution >= 0.6 is 11.3 Å². The van der Waals surface area contributed by atoms with Crippen LogP contribution in [0, 0.1) is 0 Å². The normalized spacial score (nSPS) is 14.9. The second-order valence-corrected chi connectivity index (χ2v) is 7.99. The third-order valence-corrected chi connectivity index (χ3v) is 5.94. The number of aromatic nitrogens is 2. The molecule has 0 amide bonds. The van der Waals surface area contributed by atoms with E-state index in [1.807, 2.05) is 37.4 Å². The fourth-order valence-electron chi connectivity index (χ4n) is 1.79. The molecule has 1 aromatic carbocycles. The van der Waals surface area contributed by atoms with Crippen LogP contribution in [0.25, 0.3) is 0 Å². The lowest BCUT2D eigenvalue weighted by molar-refractivity contribution is 0.591. The molecule has 1 heterocycles. The average molecular weight is 311 g/mol. The predicted octanol–water partition coefficient (Wildman–Crippen LogP) is 1.95. The Bertz CT molecular complexity index is 668. The zero-order chi connectivity index (χ0) is 14.8. The molecule has 108 valence electrons. The molecule has 0 saturated carbocycles. The lowest BCUT2D eigenvalue weighted by Gasteiger charge is -2.12. The molecule has 0 aliphatic rings. The first-order valence-corrected chi connectivity index (χ1v) is 8.95. The standard InChI is InChI=1S/C13H17N3O2S2/c1-9(20(3,17)18)12-15-16-13(19-12)11(14-2)10-7-5-4-6-8-10/h4-9,11,14H,1-3H3. The molecule has 1 N–H and O–H groups in total. The van der Waals surface area contributed by atoms with E-state index in [-0.39, 0.29) is 6.04 Å². The van der Waals surface area contributed by atoms with Gasteiger partial charge >= 0.3 is 0 Å². The summed E-state index contributed by atoms with van der Waals surface area (Å²) in [6.07, 6.45) is 1.21. The maximum atomic E-state index is 11.6. The van der Waals surface area contributed by atoms with E-state index in [9.17, 15) is 8.42 Å². The van der Waals surface area contributed by atoms with E-state index in [0.717, 1.165) is 10.6 Å². The Morgan fingerprint density at radius 3 is 2.30 bits per heavy atom. The lowest BCUT2D eigenvalue weighted by atomic mass is 10.1. The summed E-state index contributed by atoms with van der Waals surface area (Å²) in [6.45, 7) is 1.64. The van der Waals surface area contributed by atoms with Gasteiger partial charge in [-0.3, -0.25) is 0 Å². The van der Waals surface area contributed by atoms with Gasteiger partial charge in [0, 0.05) is 6.26 Å². The average Bonchev–Trinajstić information content (AvgIpc) is 2.88. The Labute approximate surface area is 123 Å². The summed E-state index contributed by atoms with van der Waals surface area (Å²) < 4.78 is 23.1. The van der Waals surface area contributed by atoms with Crippen molar-refractivity contribution in [2.75, 3.05) is 13.3 Å². The molecule has 0 spiro atoms. The molecule has 5 nitrogen and oxygen atoms in total. The van der Waals surface area contributed by atoms with Crippen molar-refractivity contribution in [3.63, 3.8) is 0 Å². The molecular weight excluding hydrogens is 294 g/mol. The first kappa shape index (κ1) is 15.1. The van der Waals surface area contributed by atoms with E-state index >= 15 is 0 Å². The third-order valence-electron chi connectivity index (χ3n) is 3.11. The van der Waals surface area contributed by atoms with Crippen LogP contribution in [0.5, 0.6) is 0 Å². The van der Waals surface area contributed by atoms with Crippen LogP contribution in [0.15, 0.2) is 30.3 Å². The topological polar surface area (TPSA) is 72.0 Å². The van der Waals surface area contributed by atoms with Gasteiger partial charge in [0.25, 0.3) is 0 Å². The molecule has 0 saturated heterocycles. The SMILES string of the molecule is CNC(c1ccccc1)c1nnc(C(C)S(C)(=O)=O)s1. The molecule has 2 atom stereocenters. The third kappa shape index (κ3) is 3.23. The van der Waals surface area contributed by atoms with E-state index in [2.05, 4.69) is 15.5 Å². The number of sulfone groups is 1. The number of nitrogens with one attached hydrogen (secondary N) is 1. The van der Waals surface area contributed by atoms with Crippen LogP contribution < -0.4 is 5.32 Å². The predicted molar refractivity (Wildman–Crippen MR) is 80.5 cm³/mol. The molecule has 0 radical (unpaired) electrons. The van der Waals surface area contributed by atoms with Crippen LogP contribution in [0.4, 0.5) is 0 Å². The van der Waals surface area contributed by atoms with Crippen molar-refractivity contribution in [3.05, 3.63) is 45.9 Å². The van der Waals surface area contributed by atoms with E-state index in [0.29, 0.717) is 5.01 Å². The molecule has 2 unspecified atom stereocenters. The highest BCUT2D eigenvalue weighted by Gasteiger charge is 2.24. The summed E-state index contributed by atoms with van der Waals surface area (Å²) in [5, 5.41) is 12.0. The number of benzene rings is 1. The van der Waals surface area contributed by atoms with Gasteiger partial charge in [-0.25, -0.2) is 8.42 Å². The van der Waals surface area contributed by atoms with Gasteiger partial charge in [0.15, 0.2) is 9.84 Å². The summed E-state index contributed by atoms with van der Waals surface area (Å²) in [5.74, 6) is 0. The van der Waals surface area contributed by atoms with Crippen LogP contribution in [-0.2, 0) is 9.84 Å². The van der Waals surface area contributed by atoms with Crippen molar-refractivity contribution in [1.82, 2.24) is 15.5 Å².